The van der Waals surface area contributed by atoms with E-state index in [1.165, 1.54) is 0 Å². The Morgan fingerprint density at radius 1 is 1.62 bits per heavy atom. The number of aryl methyl sites for hydroxylation is 1. The molecular formula is C12H14N2O2. The molecule has 0 aliphatic heterocycles. The van der Waals surface area contributed by atoms with E-state index in [-0.39, 0.29) is 6.42 Å². The van der Waals surface area contributed by atoms with Crippen LogP contribution in [-0.4, -0.2) is 17.6 Å². The normalized spacial score (nSPS) is 11.8. The molecule has 0 spiro atoms. The van der Waals surface area contributed by atoms with Crippen LogP contribution in [0.25, 0.3) is 0 Å². The van der Waals surface area contributed by atoms with Gasteiger partial charge in [-0.2, -0.15) is 5.26 Å². The number of hydrogen-bond acceptors (Lipinski definition) is 3. The Morgan fingerprint density at radius 2 is 2.38 bits per heavy atom. The summed E-state index contributed by atoms with van der Waals surface area (Å²) in [6.45, 7) is 2.25. The zero-order chi connectivity index (χ0) is 12.0. The van der Waals surface area contributed by atoms with Crippen LogP contribution in [0.2, 0.25) is 0 Å². The maximum Gasteiger partial charge on any atom is 0.304 e. The fourth-order valence-corrected chi connectivity index (χ4v) is 1.41. The molecule has 0 amide bonds. The molecule has 0 bridgehead atoms. The lowest BCUT2D eigenvalue weighted by Gasteiger charge is -2.11. The first-order valence-corrected chi connectivity index (χ1v) is 5.05. The molecule has 1 aromatic carbocycles. The standard InChI is InChI=1S/C12H14N2O2/c1-9-3-2-4-10(7-9)11(8-13)14-6-5-12(15)16/h2-4,7,11,14H,5-6H2,1H3,(H,15,16). The van der Waals surface area contributed by atoms with Crippen molar-refractivity contribution in [1.29, 1.82) is 5.26 Å². The summed E-state index contributed by atoms with van der Waals surface area (Å²) in [7, 11) is 0. The van der Waals surface area contributed by atoms with Crippen LogP contribution in [0.5, 0.6) is 0 Å². The first-order chi connectivity index (χ1) is 7.63. The van der Waals surface area contributed by atoms with Crippen molar-refractivity contribution in [3.63, 3.8) is 0 Å². The van der Waals surface area contributed by atoms with Gasteiger partial charge in [-0.3, -0.25) is 10.1 Å². The van der Waals surface area contributed by atoms with Gasteiger partial charge >= 0.3 is 5.97 Å². The molecule has 16 heavy (non-hydrogen) atoms. The third kappa shape index (κ3) is 3.71. The minimum Gasteiger partial charge on any atom is -0.481 e. The number of aliphatic carboxylic acids is 1. The van der Waals surface area contributed by atoms with Crippen molar-refractivity contribution in [1.82, 2.24) is 5.32 Å². The van der Waals surface area contributed by atoms with Gasteiger partial charge in [0.25, 0.3) is 0 Å². The fraction of sp³-hybridized carbons (Fsp3) is 0.333. The molecule has 0 aliphatic rings. The third-order valence-corrected chi connectivity index (χ3v) is 2.19. The minimum absolute atomic E-state index is 0.0179. The molecule has 1 unspecified atom stereocenters. The van der Waals surface area contributed by atoms with Crippen molar-refractivity contribution in [3.05, 3.63) is 35.4 Å². The van der Waals surface area contributed by atoms with Crippen LogP contribution in [-0.2, 0) is 4.79 Å². The van der Waals surface area contributed by atoms with Gasteiger partial charge in [-0.1, -0.05) is 29.8 Å². The maximum atomic E-state index is 10.3. The van der Waals surface area contributed by atoms with Gasteiger partial charge in [0.05, 0.1) is 12.5 Å². The summed E-state index contributed by atoms with van der Waals surface area (Å²) >= 11 is 0. The monoisotopic (exact) mass is 218 g/mol. The van der Waals surface area contributed by atoms with E-state index >= 15 is 0 Å². The minimum atomic E-state index is -0.867. The predicted molar refractivity (Wildman–Crippen MR) is 59.8 cm³/mol. The number of carboxylic acids is 1. The van der Waals surface area contributed by atoms with Crippen molar-refractivity contribution in [2.75, 3.05) is 6.54 Å². The Labute approximate surface area is 94.5 Å². The van der Waals surface area contributed by atoms with Gasteiger partial charge < -0.3 is 5.11 Å². The average molecular weight is 218 g/mol. The second-order valence-electron chi connectivity index (χ2n) is 3.57. The number of carbonyl (C=O) groups is 1. The number of nitriles is 1. The van der Waals surface area contributed by atoms with Gasteiger partial charge in [0.1, 0.15) is 6.04 Å². The molecular weight excluding hydrogens is 204 g/mol. The van der Waals surface area contributed by atoms with Gasteiger partial charge in [0, 0.05) is 6.54 Å². The van der Waals surface area contributed by atoms with Gasteiger partial charge in [-0.25, -0.2) is 0 Å². The second-order valence-corrected chi connectivity index (χ2v) is 3.57. The van der Waals surface area contributed by atoms with Gasteiger partial charge in [0.2, 0.25) is 0 Å². The van der Waals surface area contributed by atoms with Crippen LogP contribution >= 0.6 is 0 Å². The summed E-state index contributed by atoms with van der Waals surface area (Å²) in [5.74, 6) is -0.867. The van der Waals surface area contributed by atoms with Crippen molar-refractivity contribution >= 4 is 5.97 Å². The largest absolute Gasteiger partial charge is 0.481 e. The molecule has 0 aliphatic carbocycles. The molecule has 2 N–H and O–H groups in total. The Kier molecular flexibility index (Phi) is 4.49. The summed E-state index contributed by atoms with van der Waals surface area (Å²) in [4.78, 5) is 10.3. The van der Waals surface area contributed by atoms with E-state index in [1.807, 2.05) is 31.2 Å². The Balaban J connectivity index is 2.61. The molecule has 4 heteroatoms. The maximum absolute atomic E-state index is 10.3. The van der Waals surface area contributed by atoms with Gasteiger partial charge in [0.15, 0.2) is 0 Å². The quantitative estimate of drug-likeness (QED) is 0.787. The topological polar surface area (TPSA) is 73.1 Å². The Hall–Kier alpha value is -1.86. The predicted octanol–water partition coefficient (Wildman–Crippen LogP) is 1.62. The van der Waals surface area contributed by atoms with Crippen LogP contribution in [0, 0.1) is 18.3 Å². The summed E-state index contributed by atoms with van der Waals surface area (Å²) in [5, 5.41) is 20.4. The van der Waals surface area contributed by atoms with Crippen LogP contribution < -0.4 is 5.32 Å². The number of rotatable bonds is 5. The fourth-order valence-electron chi connectivity index (χ4n) is 1.41. The molecule has 4 nitrogen and oxygen atoms in total. The zero-order valence-corrected chi connectivity index (χ0v) is 9.10. The van der Waals surface area contributed by atoms with E-state index in [1.54, 1.807) is 0 Å². The average Bonchev–Trinajstić information content (AvgIpc) is 2.24. The molecule has 0 saturated carbocycles. The first kappa shape index (κ1) is 12.2. The van der Waals surface area contributed by atoms with Crippen molar-refractivity contribution in [2.45, 2.75) is 19.4 Å². The number of nitrogens with zero attached hydrogens (tertiary/aromatic N) is 1. The van der Waals surface area contributed by atoms with Crippen molar-refractivity contribution < 1.29 is 9.90 Å². The Morgan fingerprint density at radius 3 is 2.94 bits per heavy atom. The molecule has 84 valence electrons. The van der Waals surface area contributed by atoms with E-state index in [9.17, 15) is 4.79 Å². The first-order valence-electron chi connectivity index (χ1n) is 5.05. The van der Waals surface area contributed by atoms with Gasteiger partial charge in [-0.15, -0.1) is 0 Å². The number of hydrogen-bond donors (Lipinski definition) is 2. The number of benzene rings is 1. The molecule has 0 aromatic heterocycles. The summed E-state index contributed by atoms with van der Waals surface area (Å²) in [6, 6.07) is 9.28. The SMILES string of the molecule is Cc1cccc(C(C#N)NCCC(=O)O)c1. The molecule has 1 rings (SSSR count). The van der Waals surface area contributed by atoms with Crippen molar-refractivity contribution in [3.8, 4) is 6.07 Å². The molecule has 0 heterocycles. The van der Waals surface area contributed by atoms with Crippen LogP contribution in [0.3, 0.4) is 0 Å². The Bertz CT molecular complexity index is 410. The highest BCUT2D eigenvalue weighted by Crippen LogP contribution is 2.13. The highest BCUT2D eigenvalue weighted by atomic mass is 16.4. The molecule has 1 atom stereocenters. The van der Waals surface area contributed by atoms with Crippen LogP contribution in [0.4, 0.5) is 0 Å². The lowest BCUT2D eigenvalue weighted by Crippen LogP contribution is -2.23. The lowest BCUT2D eigenvalue weighted by molar-refractivity contribution is -0.136. The van der Waals surface area contributed by atoms with E-state index in [0.717, 1.165) is 11.1 Å². The summed E-state index contributed by atoms with van der Waals surface area (Å²) < 4.78 is 0. The van der Waals surface area contributed by atoms with Crippen molar-refractivity contribution in [2.24, 2.45) is 0 Å². The van der Waals surface area contributed by atoms with E-state index in [4.69, 9.17) is 10.4 Å². The smallest absolute Gasteiger partial charge is 0.304 e. The number of carboxylic acid groups (broad SMARTS) is 1. The zero-order valence-electron chi connectivity index (χ0n) is 9.10. The molecule has 1 aromatic rings. The second kappa shape index (κ2) is 5.89. The molecule has 0 saturated heterocycles. The third-order valence-electron chi connectivity index (χ3n) is 2.19. The van der Waals surface area contributed by atoms with Crippen LogP contribution in [0.1, 0.15) is 23.6 Å². The van der Waals surface area contributed by atoms with Crippen LogP contribution in [0.15, 0.2) is 24.3 Å². The van der Waals surface area contributed by atoms with Gasteiger partial charge in [-0.05, 0) is 12.5 Å². The lowest BCUT2D eigenvalue weighted by atomic mass is 10.1. The molecule has 0 fully saturated rings. The number of nitrogens with one attached hydrogen (secondary N) is 1. The summed E-state index contributed by atoms with van der Waals surface area (Å²) in [6.07, 6.45) is 0.0179. The highest BCUT2D eigenvalue weighted by molar-refractivity contribution is 5.66. The van der Waals surface area contributed by atoms with E-state index in [2.05, 4.69) is 11.4 Å². The van der Waals surface area contributed by atoms with E-state index < -0.39 is 12.0 Å². The van der Waals surface area contributed by atoms with E-state index in [0.29, 0.717) is 6.54 Å². The summed E-state index contributed by atoms with van der Waals surface area (Å²) in [5.41, 5.74) is 1.95. The molecule has 0 radical (unpaired) electrons. The highest BCUT2D eigenvalue weighted by Gasteiger charge is 2.09.